The van der Waals surface area contributed by atoms with Gasteiger partial charge in [-0.1, -0.05) is 30.3 Å². The van der Waals surface area contributed by atoms with E-state index in [-0.39, 0.29) is 17.9 Å². The van der Waals surface area contributed by atoms with Crippen molar-refractivity contribution in [3.8, 4) is 17.8 Å². The molecule has 0 fully saturated rings. The van der Waals surface area contributed by atoms with E-state index in [2.05, 4.69) is 16.1 Å². The second-order valence-corrected chi connectivity index (χ2v) is 6.66. The molecule has 1 aliphatic rings. The van der Waals surface area contributed by atoms with Gasteiger partial charge in [-0.15, -0.1) is 4.39 Å². The molecule has 2 unspecified atom stereocenters. The Bertz CT molecular complexity index is 1190. The maximum atomic E-state index is 12.6. The number of hydrogen-bond acceptors (Lipinski definition) is 5. The molecule has 2 aromatic heterocycles. The van der Waals surface area contributed by atoms with Gasteiger partial charge in [0, 0.05) is 19.8 Å². The van der Waals surface area contributed by atoms with Gasteiger partial charge in [0.05, 0.1) is 12.2 Å². The number of nitrogens with zero attached hydrogens (tertiary/aromatic N) is 5. The highest BCUT2D eigenvalue weighted by Crippen LogP contribution is 2.35. The normalized spacial score (nSPS) is 16.7. The highest BCUT2D eigenvalue weighted by molar-refractivity contribution is 5.95. The van der Waals surface area contributed by atoms with Crippen LogP contribution in [-0.4, -0.2) is 49.1 Å². The van der Waals surface area contributed by atoms with Crippen molar-refractivity contribution >= 4 is 5.91 Å². The molecule has 0 saturated heterocycles. The maximum Gasteiger partial charge on any atom is 0.275 e. The molecular formula is C20H16FN5O3. The Morgan fingerprint density at radius 3 is 2.72 bits per heavy atom. The van der Waals surface area contributed by atoms with Crippen LogP contribution in [0.25, 0.3) is 0 Å². The summed E-state index contributed by atoms with van der Waals surface area (Å²) in [5.41, 5.74) is 0.210. The van der Waals surface area contributed by atoms with E-state index in [0.717, 1.165) is 11.8 Å². The van der Waals surface area contributed by atoms with Crippen LogP contribution in [0.15, 0.2) is 53.6 Å². The summed E-state index contributed by atoms with van der Waals surface area (Å²) >= 11 is 0. The number of benzene rings is 1. The number of halogens is 1. The van der Waals surface area contributed by atoms with Gasteiger partial charge in [0.25, 0.3) is 5.91 Å². The molecule has 4 rings (SSSR count). The first-order valence-electron chi connectivity index (χ1n) is 8.79. The zero-order valence-corrected chi connectivity index (χ0v) is 15.4. The number of carbonyl (C=O) groups excluding carboxylic acids is 1. The Morgan fingerprint density at radius 1 is 1.24 bits per heavy atom. The highest BCUT2D eigenvalue weighted by Gasteiger charge is 2.38. The number of aromatic nitrogens is 4. The summed E-state index contributed by atoms with van der Waals surface area (Å²) in [5, 5.41) is 18.7. The second-order valence-electron chi connectivity index (χ2n) is 6.66. The lowest BCUT2D eigenvalue weighted by atomic mass is 9.97. The molecule has 0 aliphatic carbocycles. The standard InChI is InChI=1S/C20H16FN5O3/c1-24-12-15(26-18(20(24)29)19(28)16(27)11-22-26)17(13-5-3-2-4-6-13)25-10-8-14(23-25)7-9-21/h2-6,8,10-11,15,17,28H,12H2,1H3. The van der Waals surface area contributed by atoms with E-state index in [1.54, 1.807) is 24.0 Å². The molecule has 1 amide bonds. The largest absolute Gasteiger partial charge is 0.502 e. The number of hydrogen-bond donors (Lipinski definition) is 1. The molecular weight excluding hydrogens is 377 g/mol. The quantitative estimate of drug-likeness (QED) is 0.678. The van der Waals surface area contributed by atoms with Crippen molar-refractivity contribution in [1.29, 1.82) is 0 Å². The summed E-state index contributed by atoms with van der Waals surface area (Å²) < 4.78 is 15.4. The van der Waals surface area contributed by atoms with E-state index < -0.39 is 29.2 Å². The summed E-state index contributed by atoms with van der Waals surface area (Å²) in [6.45, 7) is 0.255. The Labute approximate surface area is 164 Å². The van der Waals surface area contributed by atoms with Gasteiger partial charge in [0.15, 0.2) is 11.4 Å². The first-order valence-corrected chi connectivity index (χ1v) is 8.79. The monoisotopic (exact) mass is 393 g/mol. The SMILES string of the molecule is CN1CC(C(c2ccccc2)n2ccc(C#CF)n2)n2ncc(=O)c(O)c2C1=O. The summed E-state index contributed by atoms with van der Waals surface area (Å²) in [6, 6.07) is 10.0. The van der Waals surface area contributed by atoms with Gasteiger partial charge >= 0.3 is 0 Å². The fourth-order valence-electron chi connectivity index (χ4n) is 3.57. The summed E-state index contributed by atoms with van der Waals surface area (Å²) in [4.78, 5) is 25.9. The molecule has 1 N–H and O–H groups in total. The fraction of sp³-hybridized carbons (Fsp3) is 0.200. The maximum absolute atomic E-state index is 12.6. The van der Waals surface area contributed by atoms with Crippen molar-refractivity contribution in [2.45, 2.75) is 12.1 Å². The number of likely N-dealkylation sites (N-methyl/N-ethyl adjacent to an activating group) is 1. The molecule has 29 heavy (non-hydrogen) atoms. The predicted octanol–water partition coefficient (Wildman–Crippen LogP) is 1.34. The Kier molecular flexibility index (Phi) is 4.60. The van der Waals surface area contributed by atoms with Crippen molar-refractivity contribution in [3.63, 3.8) is 0 Å². The number of carbonyl (C=O) groups is 1. The average Bonchev–Trinajstić information content (AvgIpc) is 3.17. The molecule has 1 aliphatic heterocycles. The fourth-order valence-corrected chi connectivity index (χ4v) is 3.57. The topological polar surface area (TPSA) is 93.2 Å². The molecule has 146 valence electrons. The minimum atomic E-state index is -0.727. The van der Waals surface area contributed by atoms with Crippen LogP contribution in [0.3, 0.4) is 0 Å². The minimum absolute atomic E-state index is 0.173. The van der Waals surface area contributed by atoms with Crippen LogP contribution in [0.2, 0.25) is 0 Å². The zero-order valence-electron chi connectivity index (χ0n) is 15.4. The van der Waals surface area contributed by atoms with Crippen LogP contribution in [0.1, 0.15) is 33.8 Å². The number of aromatic hydroxyl groups is 1. The summed E-state index contributed by atoms with van der Waals surface area (Å²) in [7, 11) is 1.58. The Hall–Kier alpha value is -3.93. The van der Waals surface area contributed by atoms with Crippen LogP contribution in [0, 0.1) is 12.1 Å². The predicted molar refractivity (Wildman–Crippen MR) is 101 cm³/mol. The molecule has 9 heteroatoms. The van der Waals surface area contributed by atoms with Crippen LogP contribution >= 0.6 is 0 Å². The molecule has 0 spiro atoms. The van der Waals surface area contributed by atoms with Crippen LogP contribution < -0.4 is 5.43 Å². The second kappa shape index (κ2) is 7.24. The van der Waals surface area contributed by atoms with E-state index in [1.807, 2.05) is 30.3 Å². The lowest BCUT2D eigenvalue weighted by Gasteiger charge is -2.37. The number of rotatable bonds is 3. The van der Waals surface area contributed by atoms with Gasteiger partial charge in [0.1, 0.15) is 17.9 Å². The van der Waals surface area contributed by atoms with Gasteiger partial charge in [0.2, 0.25) is 5.43 Å². The summed E-state index contributed by atoms with van der Waals surface area (Å²) in [6.07, 6.45) is 3.98. The first-order chi connectivity index (χ1) is 14.0. The third kappa shape index (κ3) is 3.14. The number of fused-ring (bicyclic) bond motifs is 1. The Morgan fingerprint density at radius 2 is 2.00 bits per heavy atom. The minimum Gasteiger partial charge on any atom is -0.502 e. The van der Waals surface area contributed by atoms with Gasteiger partial charge in [-0.3, -0.25) is 14.3 Å². The number of amides is 1. The van der Waals surface area contributed by atoms with Gasteiger partial charge in [-0.2, -0.15) is 10.2 Å². The van der Waals surface area contributed by atoms with E-state index in [0.29, 0.717) is 0 Å². The van der Waals surface area contributed by atoms with E-state index in [4.69, 9.17) is 0 Å². The van der Waals surface area contributed by atoms with Crippen molar-refractivity contribution in [3.05, 3.63) is 76.0 Å². The van der Waals surface area contributed by atoms with Crippen molar-refractivity contribution in [2.75, 3.05) is 13.6 Å². The summed E-state index contributed by atoms with van der Waals surface area (Å²) in [5.74, 6) is 1.13. The van der Waals surface area contributed by atoms with Gasteiger partial charge in [-0.05, 0) is 17.6 Å². The molecule has 2 atom stereocenters. The van der Waals surface area contributed by atoms with E-state index >= 15 is 0 Å². The smallest absolute Gasteiger partial charge is 0.275 e. The van der Waals surface area contributed by atoms with Crippen molar-refractivity contribution < 1.29 is 14.3 Å². The van der Waals surface area contributed by atoms with Crippen molar-refractivity contribution in [2.24, 2.45) is 0 Å². The third-order valence-corrected chi connectivity index (χ3v) is 4.88. The molecule has 0 radical (unpaired) electrons. The van der Waals surface area contributed by atoms with Crippen LogP contribution in [-0.2, 0) is 0 Å². The first kappa shape index (κ1) is 18.4. The van der Waals surface area contributed by atoms with Gasteiger partial charge < -0.3 is 10.0 Å². The van der Waals surface area contributed by atoms with Gasteiger partial charge in [-0.25, -0.2) is 4.68 Å². The highest BCUT2D eigenvalue weighted by atomic mass is 19.1. The molecule has 8 nitrogen and oxygen atoms in total. The molecule has 3 aromatic rings. The molecule has 0 bridgehead atoms. The van der Waals surface area contributed by atoms with Crippen LogP contribution in [0.4, 0.5) is 4.39 Å². The third-order valence-electron chi connectivity index (χ3n) is 4.88. The average molecular weight is 393 g/mol. The zero-order chi connectivity index (χ0) is 20.5. The molecule has 0 saturated carbocycles. The van der Waals surface area contributed by atoms with E-state index in [1.165, 1.54) is 15.8 Å². The van der Waals surface area contributed by atoms with Crippen molar-refractivity contribution in [1.82, 2.24) is 24.5 Å². The lowest BCUT2D eigenvalue weighted by molar-refractivity contribution is 0.0667. The molecule has 1 aromatic carbocycles. The molecule has 3 heterocycles. The lowest BCUT2D eigenvalue weighted by Crippen LogP contribution is -2.46. The van der Waals surface area contributed by atoms with Crippen LogP contribution in [0.5, 0.6) is 5.75 Å². The Balaban J connectivity index is 1.92. The van der Waals surface area contributed by atoms with E-state index in [9.17, 15) is 19.1 Å².